The summed E-state index contributed by atoms with van der Waals surface area (Å²) < 4.78 is 2.01. The lowest BCUT2D eigenvalue weighted by atomic mass is 10.2. The van der Waals surface area contributed by atoms with Crippen molar-refractivity contribution in [1.82, 2.24) is 24.6 Å². The molecule has 0 aliphatic carbocycles. The van der Waals surface area contributed by atoms with Crippen LogP contribution in [0.1, 0.15) is 41.4 Å². The molecule has 0 spiro atoms. The Morgan fingerprint density at radius 1 is 1.24 bits per heavy atom. The first-order valence-corrected chi connectivity index (χ1v) is 9.11. The standard InChI is InChI=1S/C19H27N5O/c1-3-7-24-15-17(13-21-24)14-22-8-4-9-23(11-10-22)19(25)18-5-6-20-16(2)12-18/h5-6,12-13,15H,3-4,7-11,14H2,1-2H3. The van der Waals surface area contributed by atoms with Gasteiger partial charge in [-0.2, -0.15) is 5.10 Å². The van der Waals surface area contributed by atoms with E-state index in [-0.39, 0.29) is 5.91 Å². The van der Waals surface area contributed by atoms with Gasteiger partial charge in [-0.1, -0.05) is 6.92 Å². The summed E-state index contributed by atoms with van der Waals surface area (Å²) in [6.45, 7) is 9.43. The second-order valence-corrected chi connectivity index (χ2v) is 6.72. The van der Waals surface area contributed by atoms with Gasteiger partial charge in [0.2, 0.25) is 0 Å². The van der Waals surface area contributed by atoms with E-state index < -0.39 is 0 Å². The number of carbonyl (C=O) groups is 1. The summed E-state index contributed by atoms with van der Waals surface area (Å²) in [4.78, 5) is 21.3. The second-order valence-electron chi connectivity index (χ2n) is 6.72. The summed E-state index contributed by atoms with van der Waals surface area (Å²) in [7, 11) is 0. The van der Waals surface area contributed by atoms with Crippen molar-refractivity contribution in [3.05, 3.63) is 47.5 Å². The highest BCUT2D eigenvalue weighted by molar-refractivity contribution is 5.94. The summed E-state index contributed by atoms with van der Waals surface area (Å²) in [5.74, 6) is 0.114. The van der Waals surface area contributed by atoms with Crippen LogP contribution < -0.4 is 0 Å². The van der Waals surface area contributed by atoms with Crippen LogP contribution in [0.4, 0.5) is 0 Å². The summed E-state index contributed by atoms with van der Waals surface area (Å²) in [6, 6.07) is 3.67. The van der Waals surface area contributed by atoms with E-state index in [9.17, 15) is 4.79 Å². The van der Waals surface area contributed by atoms with Gasteiger partial charge in [-0.05, 0) is 31.9 Å². The van der Waals surface area contributed by atoms with E-state index in [4.69, 9.17) is 0 Å². The van der Waals surface area contributed by atoms with Crippen LogP contribution in [0.2, 0.25) is 0 Å². The van der Waals surface area contributed by atoms with E-state index in [0.717, 1.165) is 63.4 Å². The fourth-order valence-corrected chi connectivity index (χ4v) is 3.29. The van der Waals surface area contributed by atoms with Crippen LogP contribution in [-0.4, -0.2) is 56.7 Å². The molecule has 3 rings (SSSR count). The fourth-order valence-electron chi connectivity index (χ4n) is 3.29. The average Bonchev–Trinajstić information content (AvgIpc) is 2.90. The first-order valence-electron chi connectivity index (χ1n) is 9.11. The van der Waals surface area contributed by atoms with Gasteiger partial charge in [-0.3, -0.25) is 19.4 Å². The number of pyridine rings is 1. The van der Waals surface area contributed by atoms with E-state index >= 15 is 0 Å². The molecule has 0 bridgehead atoms. The van der Waals surface area contributed by atoms with Gasteiger partial charge in [0.25, 0.3) is 5.91 Å². The molecule has 0 radical (unpaired) electrons. The molecule has 0 atom stereocenters. The molecule has 3 heterocycles. The van der Waals surface area contributed by atoms with Gasteiger partial charge in [0, 0.05) is 68.5 Å². The monoisotopic (exact) mass is 341 g/mol. The first kappa shape index (κ1) is 17.6. The lowest BCUT2D eigenvalue weighted by molar-refractivity contribution is 0.0761. The van der Waals surface area contributed by atoms with Gasteiger partial charge in [-0.15, -0.1) is 0 Å². The molecule has 0 N–H and O–H groups in total. The van der Waals surface area contributed by atoms with Gasteiger partial charge in [-0.25, -0.2) is 0 Å². The number of nitrogens with zero attached hydrogens (tertiary/aromatic N) is 5. The molecule has 0 saturated carbocycles. The van der Waals surface area contributed by atoms with Gasteiger partial charge in [0.1, 0.15) is 0 Å². The molecule has 6 heteroatoms. The highest BCUT2D eigenvalue weighted by Gasteiger charge is 2.20. The minimum absolute atomic E-state index is 0.114. The van der Waals surface area contributed by atoms with E-state index in [1.54, 1.807) is 12.3 Å². The van der Waals surface area contributed by atoms with Crippen LogP contribution in [-0.2, 0) is 13.1 Å². The summed E-state index contributed by atoms with van der Waals surface area (Å²) in [5, 5.41) is 4.41. The number of carbonyl (C=O) groups excluding carboxylic acids is 1. The Kier molecular flexibility index (Phi) is 5.81. The molecule has 2 aromatic heterocycles. The predicted octanol–water partition coefficient (Wildman–Crippen LogP) is 2.34. The first-order chi connectivity index (χ1) is 12.2. The smallest absolute Gasteiger partial charge is 0.254 e. The Hall–Kier alpha value is -2.21. The lowest BCUT2D eigenvalue weighted by Gasteiger charge is -2.22. The number of hydrogen-bond donors (Lipinski definition) is 0. The molecular formula is C19H27N5O. The van der Waals surface area contributed by atoms with Crippen molar-refractivity contribution < 1.29 is 4.79 Å². The molecule has 134 valence electrons. The van der Waals surface area contributed by atoms with Gasteiger partial charge in [0.15, 0.2) is 0 Å². The summed E-state index contributed by atoms with van der Waals surface area (Å²) in [6.07, 6.45) is 7.90. The van der Waals surface area contributed by atoms with Gasteiger partial charge >= 0.3 is 0 Å². The third kappa shape index (κ3) is 4.66. The average molecular weight is 341 g/mol. The van der Waals surface area contributed by atoms with Crippen molar-refractivity contribution in [2.24, 2.45) is 0 Å². The van der Waals surface area contributed by atoms with E-state index in [2.05, 4.69) is 28.1 Å². The normalized spacial score (nSPS) is 16.0. The third-order valence-corrected chi connectivity index (χ3v) is 4.56. The number of hydrogen-bond acceptors (Lipinski definition) is 4. The van der Waals surface area contributed by atoms with Crippen molar-refractivity contribution in [2.45, 2.75) is 39.8 Å². The molecule has 1 aliphatic heterocycles. The maximum atomic E-state index is 12.7. The quantitative estimate of drug-likeness (QED) is 0.838. The minimum Gasteiger partial charge on any atom is -0.337 e. The fraction of sp³-hybridized carbons (Fsp3) is 0.526. The molecule has 6 nitrogen and oxygen atoms in total. The number of aromatic nitrogens is 3. The minimum atomic E-state index is 0.114. The van der Waals surface area contributed by atoms with Crippen LogP contribution in [0.3, 0.4) is 0 Å². The van der Waals surface area contributed by atoms with Crippen LogP contribution in [0.25, 0.3) is 0 Å². The number of aryl methyl sites for hydroxylation is 2. The highest BCUT2D eigenvalue weighted by atomic mass is 16.2. The van der Waals surface area contributed by atoms with Crippen LogP contribution in [0.15, 0.2) is 30.7 Å². The molecule has 1 fully saturated rings. The highest BCUT2D eigenvalue weighted by Crippen LogP contribution is 2.12. The third-order valence-electron chi connectivity index (χ3n) is 4.56. The molecule has 0 aromatic carbocycles. The molecule has 25 heavy (non-hydrogen) atoms. The zero-order valence-corrected chi connectivity index (χ0v) is 15.2. The Morgan fingerprint density at radius 3 is 2.92 bits per heavy atom. The van der Waals surface area contributed by atoms with E-state index in [1.165, 1.54) is 5.56 Å². The van der Waals surface area contributed by atoms with Crippen molar-refractivity contribution in [3.8, 4) is 0 Å². The van der Waals surface area contributed by atoms with Crippen LogP contribution in [0.5, 0.6) is 0 Å². The maximum absolute atomic E-state index is 12.7. The topological polar surface area (TPSA) is 54.3 Å². The molecule has 0 unspecified atom stereocenters. The zero-order valence-electron chi connectivity index (χ0n) is 15.2. The second kappa shape index (κ2) is 8.25. The van der Waals surface area contributed by atoms with Crippen LogP contribution >= 0.6 is 0 Å². The van der Waals surface area contributed by atoms with Gasteiger partial charge < -0.3 is 4.90 Å². The molecule has 1 amide bonds. The van der Waals surface area contributed by atoms with Crippen molar-refractivity contribution >= 4 is 5.91 Å². The number of amides is 1. The molecule has 2 aromatic rings. The van der Waals surface area contributed by atoms with Crippen LogP contribution in [0, 0.1) is 6.92 Å². The Bertz CT molecular complexity index is 711. The summed E-state index contributed by atoms with van der Waals surface area (Å²) >= 11 is 0. The van der Waals surface area contributed by atoms with Gasteiger partial charge in [0.05, 0.1) is 6.20 Å². The van der Waals surface area contributed by atoms with E-state index in [1.807, 2.05) is 28.8 Å². The Labute approximate surface area is 149 Å². The largest absolute Gasteiger partial charge is 0.337 e. The lowest BCUT2D eigenvalue weighted by Crippen LogP contribution is -2.35. The molecular weight excluding hydrogens is 314 g/mol. The van der Waals surface area contributed by atoms with Crippen molar-refractivity contribution in [2.75, 3.05) is 26.2 Å². The summed E-state index contributed by atoms with van der Waals surface area (Å²) in [5.41, 5.74) is 2.87. The Balaban J connectivity index is 1.57. The zero-order chi connectivity index (χ0) is 17.6. The maximum Gasteiger partial charge on any atom is 0.254 e. The number of rotatable bonds is 5. The Morgan fingerprint density at radius 2 is 2.12 bits per heavy atom. The van der Waals surface area contributed by atoms with E-state index in [0.29, 0.717) is 0 Å². The predicted molar refractivity (Wildman–Crippen MR) is 97.3 cm³/mol. The van der Waals surface area contributed by atoms with Crippen molar-refractivity contribution in [3.63, 3.8) is 0 Å². The molecule has 1 saturated heterocycles. The SMILES string of the molecule is CCCn1cc(CN2CCCN(C(=O)c3ccnc(C)c3)CC2)cn1. The molecule has 1 aliphatic rings. The van der Waals surface area contributed by atoms with Crippen molar-refractivity contribution in [1.29, 1.82) is 0 Å².